The summed E-state index contributed by atoms with van der Waals surface area (Å²) in [6.07, 6.45) is 5.03. The Morgan fingerprint density at radius 1 is 1.12 bits per heavy atom. The summed E-state index contributed by atoms with van der Waals surface area (Å²) in [6.45, 7) is 3.44. The maximum absolute atomic E-state index is 13.1. The van der Waals surface area contributed by atoms with Crippen molar-refractivity contribution in [3.8, 4) is 11.5 Å². The number of hydrogen-bond donors (Lipinski definition) is 1. The van der Waals surface area contributed by atoms with Gasteiger partial charge in [-0.15, -0.1) is 0 Å². The third-order valence-corrected chi connectivity index (χ3v) is 5.56. The van der Waals surface area contributed by atoms with Crippen LogP contribution in [0, 0.1) is 5.92 Å². The molecule has 1 saturated heterocycles. The van der Waals surface area contributed by atoms with Gasteiger partial charge in [0.15, 0.2) is 11.5 Å². The molecule has 4 rings (SSSR count). The van der Waals surface area contributed by atoms with Crippen LogP contribution in [0.4, 0.5) is 0 Å². The second kappa shape index (κ2) is 6.63. The highest BCUT2D eigenvalue weighted by Gasteiger charge is 2.43. The van der Waals surface area contributed by atoms with E-state index in [-0.39, 0.29) is 5.91 Å². The van der Waals surface area contributed by atoms with Gasteiger partial charge in [0.05, 0.1) is 12.0 Å². The van der Waals surface area contributed by atoms with E-state index in [1.54, 1.807) is 0 Å². The van der Waals surface area contributed by atoms with Crippen LogP contribution >= 0.6 is 0 Å². The first kappa shape index (κ1) is 15.8. The molecule has 0 bridgehead atoms. The minimum absolute atomic E-state index is 0.156. The lowest BCUT2D eigenvalue weighted by Gasteiger charge is -2.30. The van der Waals surface area contributed by atoms with Gasteiger partial charge in [-0.3, -0.25) is 4.79 Å². The van der Waals surface area contributed by atoms with Crippen LogP contribution in [-0.2, 0) is 14.9 Å². The molecular weight excluding hydrogens is 306 g/mol. The Balaban J connectivity index is 1.54. The van der Waals surface area contributed by atoms with Gasteiger partial charge in [0, 0.05) is 19.1 Å². The van der Waals surface area contributed by atoms with Crippen LogP contribution in [-0.4, -0.2) is 38.9 Å². The molecule has 130 valence electrons. The van der Waals surface area contributed by atoms with E-state index in [2.05, 4.69) is 5.32 Å². The Hall–Kier alpha value is -1.75. The minimum atomic E-state index is -0.421. The Morgan fingerprint density at radius 3 is 2.67 bits per heavy atom. The number of carbonyl (C=O) groups is 1. The third-order valence-electron chi connectivity index (χ3n) is 5.56. The zero-order valence-corrected chi connectivity index (χ0v) is 14.0. The smallest absolute Gasteiger partial charge is 0.230 e. The van der Waals surface area contributed by atoms with Crippen LogP contribution in [0.15, 0.2) is 18.2 Å². The Bertz CT molecular complexity index is 603. The molecule has 1 atom stereocenters. The lowest BCUT2D eigenvalue weighted by molar-refractivity contribution is -0.126. The molecule has 1 aliphatic carbocycles. The molecule has 1 aromatic carbocycles. The van der Waals surface area contributed by atoms with E-state index >= 15 is 0 Å². The lowest BCUT2D eigenvalue weighted by atomic mass is 9.77. The average molecular weight is 331 g/mol. The fraction of sp³-hybridized carbons (Fsp3) is 0.632. The third kappa shape index (κ3) is 2.86. The number of amides is 1. The molecule has 1 amide bonds. The molecule has 0 spiro atoms. The van der Waals surface area contributed by atoms with Gasteiger partial charge in [0.2, 0.25) is 5.91 Å². The maximum atomic E-state index is 13.1. The minimum Gasteiger partial charge on any atom is -0.486 e. The Kier molecular flexibility index (Phi) is 4.35. The molecule has 0 aromatic heterocycles. The van der Waals surface area contributed by atoms with Gasteiger partial charge in [-0.05, 0) is 37.0 Å². The number of carbonyl (C=O) groups excluding carboxylic acids is 1. The normalized spacial score (nSPS) is 24.8. The second-order valence-electron chi connectivity index (χ2n) is 7.09. The first-order valence-electron chi connectivity index (χ1n) is 9.04. The van der Waals surface area contributed by atoms with Crippen LogP contribution in [0.25, 0.3) is 0 Å². The quantitative estimate of drug-likeness (QED) is 0.921. The Labute approximate surface area is 142 Å². The molecule has 1 N–H and O–H groups in total. The van der Waals surface area contributed by atoms with Crippen molar-refractivity contribution in [2.75, 3.05) is 33.0 Å². The number of ether oxygens (including phenoxy) is 3. The molecule has 1 saturated carbocycles. The summed E-state index contributed by atoms with van der Waals surface area (Å²) in [6, 6.07) is 6.00. The maximum Gasteiger partial charge on any atom is 0.230 e. The molecule has 2 fully saturated rings. The molecule has 24 heavy (non-hydrogen) atoms. The van der Waals surface area contributed by atoms with Crippen LogP contribution in [0.5, 0.6) is 11.5 Å². The summed E-state index contributed by atoms with van der Waals surface area (Å²) in [4.78, 5) is 13.1. The van der Waals surface area contributed by atoms with E-state index in [0.29, 0.717) is 25.7 Å². The molecule has 5 heteroatoms. The van der Waals surface area contributed by atoms with E-state index < -0.39 is 5.41 Å². The summed E-state index contributed by atoms with van der Waals surface area (Å²) in [5.74, 6) is 2.15. The van der Waals surface area contributed by atoms with Gasteiger partial charge in [0.25, 0.3) is 0 Å². The zero-order chi connectivity index (χ0) is 16.4. The van der Waals surface area contributed by atoms with Crippen molar-refractivity contribution in [1.29, 1.82) is 0 Å². The first-order chi connectivity index (χ1) is 11.8. The van der Waals surface area contributed by atoms with Gasteiger partial charge in [-0.2, -0.15) is 0 Å². The molecule has 0 unspecified atom stereocenters. The van der Waals surface area contributed by atoms with E-state index in [0.717, 1.165) is 62.4 Å². The first-order valence-corrected chi connectivity index (χ1v) is 9.04. The van der Waals surface area contributed by atoms with Crippen LogP contribution in [0.3, 0.4) is 0 Å². The van der Waals surface area contributed by atoms with Crippen LogP contribution in [0.2, 0.25) is 0 Å². The van der Waals surface area contributed by atoms with Crippen molar-refractivity contribution in [2.45, 2.75) is 37.5 Å². The van der Waals surface area contributed by atoms with Gasteiger partial charge in [-0.25, -0.2) is 0 Å². The summed E-state index contributed by atoms with van der Waals surface area (Å²) in [7, 11) is 0. The van der Waals surface area contributed by atoms with Crippen molar-refractivity contribution in [1.82, 2.24) is 5.32 Å². The SMILES string of the molecule is O=C(NC[C@H]1CCOC1)C1(c2ccc3c(c2)OCCO3)CCCC1. The van der Waals surface area contributed by atoms with Crippen LogP contribution < -0.4 is 14.8 Å². The molecule has 0 radical (unpaired) electrons. The number of hydrogen-bond acceptors (Lipinski definition) is 4. The number of fused-ring (bicyclic) bond motifs is 1. The van der Waals surface area contributed by atoms with Gasteiger partial charge < -0.3 is 19.5 Å². The number of rotatable bonds is 4. The fourth-order valence-electron chi connectivity index (χ4n) is 4.12. The summed E-state index contributed by atoms with van der Waals surface area (Å²) in [5, 5.41) is 3.19. The standard InChI is InChI=1S/C19H25NO4/c21-18(20-12-14-5-8-22-13-14)19(6-1-2-7-19)15-3-4-16-17(11-15)24-10-9-23-16/h3-4,11,14H,1-2,5-10,12-13H2,(H,20,21)/t14-/m1/s1. The van der Waals surface area contributed by atoms with Gasteiger partial charge in [-0.1, -0.05) is 18.9 Å². The predicted octanol–water partition coefficient (Wildman–Crippen LogP) is 2.42. The number of nitrogens with one attached hydrogen (secondary N) is 1. The molecule has 1 aromatic rings. The van der Waals surface area contributed by atoms with Gasteiger partial charge >= 0.3 is 0 Å². The largest absolute Gasteiger partial charge is 0.486 e. The average Bonchev–Trinajstić information content (AvgIpc) is 3.31. The van der Waals surface area contributed by atoms with Crippen molar-refractivity contribution >= 4 is 5.91 Å². The summed E-state index contributed by atoms with van der Waals surface area (Å²) < 4.78 is 16.7. The van der Waals surface area contributed by atoms with E-state index in [4.69, 9.17) is 14.2 Å². The molecule has 2 heterocycles. The van der Waals surface area contributed by atoms with Crippen molar-refractivity contribution < 1.29 is 19.0 Å². The molecule has 3 aliphatic rings. The molecular formula is C19H25NO4. The van der Waals surface area contributed by atoms with E-state index in [1.807, 2.05) is 18.2 Å². The summed E-state index contributed by atoms with van der Waals surface area (Å²) >= 11 is 0. The highest BCUT2D eigenvalue weighted by Crippen LogP contribution is 2.44. The lowest BCUT2D eigenvalue weighted by Crippen LogP contribution is -2.44. The van der Waals surface area contributed by atoms with Gasteiger partial charge in [0.1, 0.15) is 13.2 Å². The zero-order valence-electron chi connectivity index (χ0n) is 14.0. The monoisotopic (exact) mass is 331 g/mol. The predicted molar refractivity (Wildman–Crippen MR) is 89.5 cm³/mol. The highest BCUT2D eigenvalue weighted by molar-refractivity contribution is 5.88. The second-order valence-corrected chi connectivity index (χ2v) is 7.09. The summed E-state index contributed by atoms with van der Waals surface area (Å²) in [5.41, 5.74) is 0.638. The Morgan fingerprint density at radius 2 is 1.92 bits per heavy atom. The molecule has 5 nitrogen and oxygen atoms in total. The number of benzene rings is 1. The fourth-order valence-corrected chi connectivity index (χ4v) is 4.12. The van der Waals surface area contributed by atoms with E-state index in [1.165, 1.54) is 0 Å². The van der Waals surface area contributed by atoms with Crippen molar-refractivity contribution in [3.05, 3.63) is 23.8 Å². The molecule has 2 aliphatic heterocycles. The van der Waals surface area contributed by atoms with E-state index in [9.17, 15) is 4.79 Å². The highest BCUT2D eigenvalue weighted by atomic mass is 16.6. The van der Waals surface area contributed by atoms with Crippen molar-refractivity contribution in [3.63, 3.8) is 0 Å². The van der Waals surface area contributed by atoms with Crippen molar-refractivity contribution in [2.24, 2.45) is 5.92 Å². The topological polar surface area (TPSA) is 56.8 Å². The van der Waals surface area contributed by atoms with Crippen LogP contribution in [0.1, 0.15) is 37.7 Å².